The lowest BCUT2D eigenvalue weighted by Gasteiger charge is -2.19. The summed E-state index contributed by atoms with van der Waals surface area (Å²) in [7, 11) is 0. The van der Waals surface area contributed by atoms with Crippen LogP contribution >= 0.6 is 0 Å². The summed E-state index contributed by atoms with van der Waals surface area (Å²) in [6, 6.07) is 14.4. The molecule has 0 aromatic heterocycles. The van der Waals surface area contributed by atoms with Gasteiger partial charge in [0.25, 0.3) is 0 Å². The van der Waals surface area contributed by atoms with Gasteiger partial charge in [0.15, 0.2) is 0 Å². The van der Waals surface area contributed by atoms with Crippen LogP contribution in [0, 0.1) is 5.82 Å². The number of fused-ring (bicyclic) bond motifs is 1. The normalized spacial score (nSPS) is 17.0. The molecule has 3 rings (SSSR count). The molecule has 0 saturated carbocycles. The van der Waals surface area contributed by atoms with Crippen LogP contribution in [0.2, 0.25) is 0 Å². The zero-order chi connectivity index (χ0) is 17.6. The number of carbonyl (C=O) groups is 1. The van der Waals surface area contributed by atoms with Crippen molar-refractivity contribution in [2.24, 2.45) is 0 Å². The summed E-state index contributed by atoms with van der Waals surface area (Å²) >= 11 is 0. The van der Waals surface area contributed by atoms with Crippen molar-refractivity contribution in [3.8, 4) is 0 Å². The van der Waals surface area contributed by atoms with Crippen molar-refractivity contribution in [2.45, 2.75) is 31.2 Å². The average molecular weight is 342 g/mol. The summed E-state index contributed by atoms with van der Waals surface area (Å²) in [4.78, 5) is 12.3. The Labute approximate surface area is 147 Å². The highest BCUT2D eigenvalue weighted by Gasteiger charge is 2.26. The zero-order valence-electron chi connectivity index (χ0n) is 14.0. The molecule has 0 saturated heterocycles. The third kappa shape index (κ3) is 4.17. The van der Waals surface area contributed by atoms with Crippen LogP contribution in [-0.4, -0.2) is 24.3 Å². The van der Waals surface area contributed by atoms with Gasteiger partial charge in [-0.15, -0.1) is 0 Å². The van der Waals surface area contributed by atoms with Gasteiger partial charge in [-0.25, -0.2) is 9.18 Å². The topological polar surface area (TPSA) is 61.4 Å². The number of rotatable bonds is 6. The van der Waals surface area contributed by atoms with E-state index < -0.39 is 0 Å². The van der Waals surface area contributed by atoms with Crippen molar-refractivity contribution in [1.29, 1.82) is 0 Å². The summed E-state index contributed by atoms with van der Waals surface area (Å²) < 4.78 is 13.8. The predicted molar refractivity (Wildman–Crippen MR) is 94.9 cm³/mol. The number of aliphatic hydroxyl groups excluding tert-OH is 1. The summed E-state index contributed by atoms with van der Waals surface area (Å²) in [6.45, 7) is 0.511. The Hall–Kier alpha value is -2.40. The molecule has 5 heteroatoms. The SMILES string of the molecule is O=C(NCC(CCO)c1ccccc1)NC1CCc2c(F)cccc21. The maximum absolute atomic E-state index is 13.8. The number of halogens is 1. The van der Waals surface area contributed by atoms with E-state index in [2.05, 4.69) is 10.6 Å². The molecule has 0 bridgehead atoms. The molecule has 2 unspecified atom stereocenters. The summed E-state index contributed by atoms with van der Waals surface area (Å²) in [5.41, 5.74) is 2.66. The van der Waals surface area contributed by atoms with Crippen molar-refractivity contribution < 1.29 is 14.3 Å². The van der Waals surface area contributed by atoms with Crippen molar-refractivity contribution in [3.05, 3.63) is 71.0 Å². The maximum Gasteiger partial charge on any atom is 0.315 e. The maximum atomic E-state index is 13.8. The monoisotopic (exact) mass is 342 g/mol. The van der Waals surface area contributed by atoms with Crippen molar-refractivity contribution in [3.63, 3.8) is 0 Å². The van der Waals surface area contributed by atoms with Crippen LogP contribution in [0.25, 0.3) is 0 Å². The molecule has 132 valence electrons. The lowest BCUT2D eigenvalue weighted by Crippen LogP contribution is -2.39. The number of hydrogen-bond donors (Lipinski definition) is 3. The predicted octanol–water partition coefficient (Wildman–Crippen LogP) is 3.28. The fourth-order valence-corrected chi connectivity index (χ4v) is 3.45. The Morgan fingerprint density at radius 1 is 1.20 bits per heavy atom. The van der Waals surface area contributed by atoms with E-state index in [0.29, 0.717) is 31.4 Å². The minimum atomic E-state index is -0.263. The first-order chi connectivity index (χ1) is 12.2. The van der Waals surface area contributed by atoms with E-state index in [1.807, 2.05) is 36.4 Å². The molecule has 2 amide bonds. The Balaban J connectivity index is 1.57. The average Bonchev–Trinajstić information content (AvgIpc) is 3.04. The molecule has 2 aromatic rings. The number of benzene rings is 2. The third-order valence-corrected chi connectivity index (χ3v) is 4.78. The van der Waals surface area contributed by atoms with E-state index in [-0.39, 0.29) is 30.4 Å². The highest BCUT2D eigenvalue weighted by Crippen LogP contribution is 2.32. The van der Waals surface area contributed by atoms with Gasteiger partial charge in [-0.2, -0.15) is 0 Å². The molecule has 1 aliphatic rings. The first kappa shape index (κ1) is 17.4. The van der Waals surface area contributed by atoms with Crippen LogP contribution in [0.4, 0.5) is 9.18 Å². The van der Waals surface area contributed by atoms with Crippen molar-refractivity contribution >= 4 is 6.03 Å². The molecule has 25 heavy (non-hydrogen) atoms. The molecule has 4 nitrogen and oxygen atoms in total. The number of amides is 2. The van der Waals surface area contributed by atoms with Crippen molar-refractivity contribution in [2.75, 3.05) is 13.2 Å². The molecule has 0 fully saturated rings. The number of aliphatic hydroxyl groups is 1. The fraction of sp³-hybridized carbons (Fsp3) is 0.350. The summed E-state index contributed by atoms with van der Waals surface area (Å²) in [5, 5.41) is 15.1. The van der Waals surface area contributed by atoms with Gasteiger partial charge in [0.2, 0.25) is 0 Å². The lowest BCUT2D eigenvalue weighted by molar-refractivity contribution is 0.234. The Kier molecular flexibility index (Phi) is 5.66. The Morgan fingerprint density at radius 3 is 2.76 bits per heavy atom. The molecule has 2 atom stereocenters. The minimum Gasteiger partial charge on any atom is -0.396 e. The molecular weight excluding hydrogens is 319 g/mol. The highest BCUT2D eigenvalue weighted by atomic mass is 19.1. The first-order valence-electron chi connectivity index (χ1n) is 8.66. The van der Waals surface area contributed by atoms with Crippen molar-refractivity contribution in [1.82, 2.24) is 10.6 Å². The molecule has 3 N–H and O–H groups in total. The number of carbonyl (C=O) groups excluding carboxylic acids is 1. The smallest absolute Gasteiger partial charge is 0.315 e. The summed E-state index contributed by atoms with van der Waals surface area (Å²) in [5.74, 6) is -0.139. The van der Waals surface area contributed by atoms with Crippen LogP contribution < -0.4 is 10.6 Å². The van der Waals surface area contributed by atoms with Gasteiger partial charge in [-0.1, -0.05) is 42.5 Å². The Morgan fingerprint density at radius 2 is 2.00 bits per heavy atom. The quantitative estimate of drug-likeness (QED) is 0.754. The molecular formula is C20H23FN2O2. The van der Waals surface area contributed by atoms with Crippen LogP contribution in [0.3, 0.4) is 0 Å². The number of urea groups is 1. The molecule has 0 aliphatic heterocycles. The van der Waals surface area contributed by atoms with Gasteiger partial charge in [0.1, 0.15) is 5.82 Å². The summed E-state index contributed by atoms with van der Waals surface area (Å²) in [6.07, 6.45) is 1.94. The van der Waals surface area contributed by atoms with E-state index in [9.17, 15) is 14.3 Å². The van der Waals surface area contributed by atoms with Crippen LogP contribution in [0.5, 0.6) is 0 Å². The largest absolute Gasteiger partial charge is 0.396 e. The van der Waals surface area contributed by atoms with Gasteiger partial charge in [-0.3, -0.25) is 0 Å². The molecule has 0 spiro atoms. The fourth-order valence-electron chi connectivity index (χ4n) is 3.45. The van der Waals surface area contributed by atoms with Gasteiger partial charge in [0.05, 0.1) is 6.04 Å². The van der Waals surface area contributed by atoms with E-state index in [4.69, 9.17) is 0 Å². The Bertz CT molecular complexity index is 721. The van der Waals surface area contributed by atoms with Gasteiger partial charge in [-0.05, 0) is 42.0 Å². The number of nitrogens with one attached hydrogen (secondary N) is 2. The van der Waals surface area contributed by atoms with Crippen LogP contribution in [0.1, 0.15) is 41.5 Å². The second-order valence-corrected chi connectivity index (χ2v) is 6.37. The van der Waals surface area contributed by atoms with Gasteiger partial charge in [0, 0.05) is 19.1 Å². The second-order valence-electron chi connectivity index (χ2n) is 6.37. The van der Waals surface area contributed by atoms with E-state index >= 15 is 0 Å². The molecule has 2 aromatic carbocycles. The number of hydrogen-bond acceptors (Lipinski definition) is 2. The minimum absolute atomic E-state index is 0.0604. The van der Waals surface area contributed by atoms with Gasteiger partial charge < -0.3 is 15.7 Å². The van der Waals surface area contributed by atoms with Gasteiger partial charge >= 0.3 is 6.03 Å². The van der Waals surface area contributed by atoms with E-state index in [1.165, 1.54) is 6.07 Å². The van der Waals surface area contributed by atoms with E-state index in [1.54, 1.807) is 6.07 Å². The lowest BCUT2D eigenvalue weighted by atomic mass is 9.96. The second kappa shape index (κ2) is 8.12. The highest BCUT2D eigenvalue weighted by molar-refractivity contribution is 5.74. The molecule has 1 aliphatic carbocycles. The third-order valence-electron chi connectivity index (χ3n) is 4.78. The zero-order valence-corrected chi connectivity index (χ0v) is 14.0. The first-order valence-corrected chi connectivity index (χ1v) is 8.66. The molecule has 0 heterocycles. The van der Waals surface area contributed by atoms with E-state index in [0.717, 1.165) is 11.1 Å². The van der Waals surface area contributed by atoms with Crippen LogP contribution in [0.15, 0.2) is 48.5 Å². The standard InChI is InChI=1S/C20H23FN2O2/c21-18-8-4-7-17-16(18)9-10-19(17)23-20(25)22-13-15(11-12-24)14-5-2-1-3-6-14/h1-8,15,19,24H,9-13H2,(H2,22,23,25). The molecule has 0 radical (unpaired) electrons. The van der Waals surface area contributed by atoms with Crippen LogP contribution in [-0.2, 0) is 6.42 Å².